The van der Waals surface area contributed by atoms with Crippen LogP contribution in [0.3, 0.4) is 0 Å². The third-order valence-electron chi connectivity index (χ3n) is 3.77. The molecule has 0 aliphatic heterocycles. The molecule has 0 radical (unpaired) electrons. The lowest BCUT2D eigenvalue weighted by Gasteiger charge is -1.99. The highest BCUT2D eigenvalue weighted by atomic mass is 32.1. The summed E-state index contributed by atoms with van der Waals surface area (Å²) in [6.07, 6.45) is 3.20. The molecule has 12 heteroatoms. The van der Waals surface area contributed by atoms with Crippen molar-refractivity contribution in [1.29, 1.82) is 0 Å². The first kappa shape index (κ1) is 16.8. The number of aromatic nitrogens is 5. The maximum absolute atomic E-state index is 12.6. The van der Waals surface area contributed by atoms with E-state index in [1.54, 1.807) is 43.2 Å². The van der Waals surface area contributed by atoms with Gasteiger partial charge in [0.1, 0.15) is 17.0 Å². The summed E-state index contributed by atoms with van der Waals surface area (Å²) < 4.78 is 5.57. The Kier molecular flexibility index (Phi) is 4.08. The first-order valence-electron chi connectivity index (χ1n) is 7.77. The van der Waals surface area contributed by atoms with Crippen molar-refractivity contribution in [1.82, 2.24) is 24.1 Å². The summed E-state index contributed by atoms with van der Waals surface area (Å²) in [4.78, 5) is 32.2. The average Bonchev–Trinajstić information content (AvgIpc) is 3.37. The Hall–Kier alpha value is -3.67. The van der Waals surface area contributed by atoms with Crippen molar-refractivity contribution >= 4 is 33.4 Å². The van der Waals surface area contributed by atoms with E-state index < -0.39 is 10.9 Å². The minimum atomic E-state index is -0.770. The average molecular weight is 383 g/mol. The van der Waals surface area contributed by atoms with Crippen molar-refractivity contribution in [2.75, 3.05) is 10.9 Å². The number of fused-ring (bicyclic) bond motifs is 1. The quantitative estimate of drug-likeness (QED) is 0.319. The fourth-order valence-electron chi connectivity index (χ4n) is 2.47. The normalized spacial score (nSPS) is 12.8. The Morgan fingerprint density at radius 2 is 1.93 bits per heavy atom. The second-order valence-electron chi connectivity index (χ2n) is 5.56. The van der Waals surface area contributed by atoms with E-state index in [0.29, 0.717) is 27.7 Å². The van der Waals surface area contributed by atoms with Gasteiger partial charge in [-0.2, -0.15) is 19.7 Å². The SMILES string of the molecule is Cc1nsc(NN=c2c(=O)c(=O)c(=NNc3ccnn3C)c3[nH]ccc23)n1. The molecule has 3 N–H and O–H groups in total. The smallest absolute Gasteiger partial charge is 0.257 e. The van der Waals surface area contributed by atoms with Crippen LogP contribution >= 0.6 is 11.5 Å². The maximum Gasteiger partial charge on any atom is 0.257 e. The molecule has 0 spiro atoms. The second-order valence-corrected chi connectivity index (χ2v) is 6.31. The molecule has 1 aromatic carbocycles. The summed E-state index contributed by atoms with van der Waals surface area (Å²) in [5.74, 6) is 1.16. The number of rotatable bonds is 4. The number of H-pyrrole nitrogens is 1. The fourth-order valence-corrected chi connectivity index (χ4v) is 2.99. The molecule has 0 unspecified atom stereocenters. The lowest BCUT2D eigenvalue weighted by molar-refractivity contribution is 0.770. The van der Waals surface area contributed by atoms with Crippen molar-refractivity contribution in [2.24, 2.45) is 17.3 Å². The topological polar surface area (TPSA) is 142 Å². The molecule has 4 rings (SSSR count). The molecular formula is C15H13N9O2S. The Bertz CT molecular complexity index is 1350. The minimum Gasteiger partial charge on any atom is -0.359 e. The van der Waals surface area contributed by atoms with Crippen molar-refractivity contribution in [3.63, 3.8) is 0 Å². The molecule has 0 saturated heterocycles. The lowest BCUT2D eigenvalue weighted by Crippen LogP contribution is -2.48. The summed E-state index contributed by atoms with van der Waals surface area (Å²) in [5.41, 5.74) is 4.29. The molecule has 0 saturated carbocycles. The summed E-state index contributed by atoms with van der Waals surface area (Å²) in [5, 5.41) is 13.0. The van der Waals surface area contributed by atoms with Crippen LogP contribution in [0.2, 0.25) is 0 Å². The predicted molar refractivity (Wildman–Crippen MR) is 99.4 cm³/mol. The van der Waals surface area contributed by atoms with Crippen molar-refractivity contribution in [3.8, 4) is 0 Å². The van der Waals surface area contributed by atoms with Crippen molar-refractivity contribution in [2.45, 2.75) is 6.92 Å². The molecular weight excluding hydrogens is 370 g/mol. The molecule has 0 amide bonds. The van der Waals surface area contributed by atoms with Crippen molar-refractivity contribution < 1.29 is 0 Å². The zero-order chi connectivity index (χ0) is 19.0. The van der Waals surface area contributed by atoms with Gasteiger partial charge in [-0.05, 0) is 13.0 Å². The van der Waals surface area contributed by atoms with Crippen LogP contribution in [0.4, 0.5) is 10.9 Å². The molecule has 4 aromatic rings. The number of aromatic amines is 1. The van der Waals surface area contributed by atoms with E-state index in [2.05, 4.69) is 40.5 Å². The van der Waals surface area contributed by atoms with Crippen LogP contribution < -0.4 is 32.4 Å². The number of benzene rings is 1. The van der Waals surface area contributed by atoms with Crippen molar-refractivity contribution in [3.05, 3.63) is 61.5 Å². The van der Waals surface area contributed by atoms with Crippen LogP contribution in [0, 0.1) is 6.92 Å². The van der Waals surface area contributed by atoms with Crippen LogP contribution in [0.1, 0.15) is 5.82 Å². The van der Waals surface area contributed by atoms with Gasteiger partial charge in [0.05, 0.1) is 11.7 Å². The number of nitrogens with one attached hydrogen (secondary N) is 3. The largest absolute Gasteiger partial charge is 0.359 e. The van der Waals surface area contributed by atoms with Gasteiger partial charge >= 0.3 is 0 Å². The molecule has 0 fully saturated rings. The van der Waals surface area contributed by atoms with E-state index in [9.17, 15) is 9.59 Å². The van der Waals surface area contributed by atoms with Crippen LogP contribution in [-0.2, 0) is 7.05 Å². The Balaban J connectivity index is 1.86. The van der Waals surface area contributed by atoms with Gasteiger partial charge < -0.3 is 4.98 Å². The Morgan fingerprint density at radius 3 is 2.63 bits per heavy atom. The van der Waals surface area contributed by atoms with Gasteiger partial charge in [0, 0.05) is 36.2 Å². The minimum absolute atomic E-state index is 0.0106. The fraction of sp³-hybridized carbons (Fsp3) is 0.133. The summed E-state index contributed by atoms with van der Waals surface area (Å²) in [7, 11) is 1.72. The standard InChI is InChI=1S/C15H13N9O2S/c1-7-18-15(27-23-7)22-20-11-8-3-5-16-10(8)12(14(26)13(11)25)21-19-9-4-6-17-24(9)2/h3-6,16,19H,1-2H3,(H,18,22,23). The van der Waals surface area contributed by atoms with Crippen LogP contribution in [0.25, 0.3) is 10.9 Å². The Morgan fingerprint density at radius 1 is 1.15 bits per heavy atom. The van der Waals surface area contributed by atoms with Gasteiger partial charge in [-0.15, -0.1) is 0 Å². The molecule has 0 bridgehead atoms. The second kappa shape index (κ2) is 6.57. The highest BCUT2D eigenvalue weighted by Crippen LogP contribution is 2.09. The lowest BCUT2D eigenvalue weighted by atomic mass is 10.2. The number of hydrogen-bond acceptors (Lipinski definition) is 10. The molecule has 0 atom stereocenters. The van der Waals surface area contributed by atoms with Gasteiger partial charge in [-0.25, -0.2) is 4.98 Å². The van der Waals surface area contributed by atoms with E-state index in [1.165, 1.54) is 0 Å². The number of nitrogens with zero attached hydrogens (tertiary/aromatic N) is 6. The van der Waals surface area contributed by atoms with Gasteiger partial charge in [-0.1, -0.05) is 0 Å². The number of aryl methyl sites for hydroxylation is 2. The van der Waals surface area contributed by atoms with Crippen LogP contribution in [0.5, 0.6) is 0 Å². The third-order valence-corrected chi connectivity index (χ3v) is 4.48. The monoisotopic (exact) mass is 383 g/mol. The molecule has 27 heavy (non-hydrogen) atoms. The number of hydrogen-bond donors (Lipinski definition) is 3. The van der Waals surface area contributed by atoms with Crippen LogP contribution in [0.15, 0.2) is 44.3 Å². The predicted octanol–water partition coefficient (Wildman–Crippen LogP) is -0.487. The third kappa shape index (κ3) is 3.01. The van der Waals surface area contributed by atoms with Gasteiger partial charge in [0.2, 0.25) is 5.13 Å². The molecule has 0 aliphatic carbocycles. The van der Waals surface area contributed by atoms with E-state index in [4.69, 9.17) is 0 Å². The molecule has 136 valence electrons. The Labute approximate surface area is 154 Å². The highest BCUT2D eigenvalue weighted by Gasteiger charge is 2.11. The van der Waals surface area contributed by atoms with Crippen LogP contribution in [-0.4, -0.2) is 24.1 Å². The molecule has 3 aromatic heterocycles. The summed E-state index contributed by atoms with van der Waals surface area (Å²) >= 11 is 1.11. The van der Waals surface area contributed by atoms with Gasteiger partial charge in [0.15, 0.2) is 5.36 Å². The zero-order valence-electron chi connectivity index (χ0n) is 14.2. The van der Waals surface area contributed by atoms with E-state index in [1.807, 2.05) is 0 Å². The zero-order valence-corrected chi connectivity index (χ0v) is 15.0. The first-order chi connectivity index (χ1) is 13.0. The number of anilines is 2. The molecule has 3 heterocycles. The summed E-state index contributed by atoms with van der Waals surface area (Å²) in [6.45, 7) is 1.74. The van der Waals surface area contributed by atoms with E-state index in [0.717, 1.165) is 11.5 Å². The summed E-state index contributed by atoms with van der Waals surface area (Å²) in [6, 6.07) is 3.35. The molecule has 11 nitrogen and oxygen atoms in total. The first-order valence-corrected chi connectivity index (χ1v) is 8.55. The van der Waals surface area contributed by atoms with E-state index >= 15 is 0 Å². The van der Waals surface area contributed by atoms with Gasteiger partial charge in [0.25, 0.3) is 10.9 Å². The molecule has 0 aliphatic rings. The maximum atomic E-state index is 12.6. The van der Waals surface area contributed by atoms with Gasteiger partial charge in [-0.3, -0.25) is 25.1 Å². The highest BCUT2D eigenvalue weighted by molar-refractivity contribution is 7.09. The van der Waals surface area contributed by atoms with E-state index in [-0.39, 0.29) is 10.7 Å².